The maximum Gasteiger partial charge on any atom is 0.296 e. The third kappa shape index (κ3) is 2.76. The van der Waals surface area contributed by atoms with E-state index in [1.165, 1.54) is 39.5 Å². The molecule has 0 spiro atoms. The van der Waals surface area contributed by atoms with Crippen molar-refractivity contribution in [1.29, 1.82) is 0 Å². The average Bonchev–Trinajstić information content (AvgIpc) is 2.62. The summed E-state index contributed by atoms with van der Waals surface area (Å²) in [7, 11) is 3.92. The Kier molecular flexibility index (Phi) is 4.59. The molecule has 0 aliphatic carbocycles. The average molecular weight is 360 g/mol. The van der Waals surface area contributed by atoms with Crippen LogP contribution in [0.5, 0.6) is 28.9 Å². The van der Waals surface area contributed by atoms with Crippen LogP contribution in [-0.4, -0.2) is 31.5 Å². The van der Waals surface area contributed by atoms with E-state index in [9.17, 15) is 15.0 Å². The molecule has 0 saturated carbocycles. The van der Waals surface area contributed by atoms with Crippen LogP contribution in [0.2, 0.25) is 0 Å². The summed E-state index contributed by atoms with van der Waals surface area (Å²) < 4.78 is 15.9. The van der Waals surface area contributed by atoms with Gasteiger partial charge in [-0.3, -0.25) is 4.79 Å². The third-order valence-electron chi connectivity index (χ3n) is 3.75. The standard InChI is InChI=1S/C18H16O8/c1-22-16-11(20)8-12-14(17(16)26-24-3)15(21)13(18(23-2)25-12)9-4-6-10(19)7-5-9/h4-8,19-20H,1-3H3. The molecule has 1 aromatic heterocycles. The summed E-state index contributed by atoms with van der Waals surface area (Å²) in [4.78, 5) is 22.9. The van der Waals surface area contributed by atoms with Gasteiger partial charge in [-0.1, -0.05) is 12.1 Å². The van der Waals surface area contributed by atoms with Gasteiger partial charge in [-0.2, -0.15) is 4.89 Å². The van der Waals surface area contributed by atoms with Crippen molar-refractivity contribution in [3.63, 3.8) is 0 Å². The van der Waals surface area contributed by atoms with E-state index in [2.05, 4.69) is 4.89 Å². The normalized spacial score (nSPS) is 10.7. The van der Waals surface area contributed by atoms with E-state index < -0.39 is 5.43 Å². The number of fused-ring (bicyclic) bond motifs is 1. The Morgan fingerprint density at radius 1 is 0.962 bits per heavy atom. The molecule has 2 N–H and O–H groups in total. The lowest BCUT2D eigenvalue weighted by molar-refractivity contribution is -0.178. The fraction of sp³-hybridized carbons (Fsp3) is 0.167. The molecule has 8 heteroatoms. The molecule has 0 radical (unpaired) electrons. The highest BCUT2D eigenvalue weighted by molar-refractivity contribution is 5.92. The summed E-state index contributed by atoms with van der Waals surface area (Å²) in [6.45, 7) is 0. The molecular formula is C18H16O8. The van der Waals surface area contributed by atoms with Crippen LogP contribution in [0.1, 0.15) is 0 Å². The number of ether oxygens (including phenoxy) is 2. The van der Waals surface area contributed by atoms with Gasteiger partial charge in [0.05, 0.1) is 21.3 Å². The van der Waals surface area contributed by atoms with Crippen LogP contribution in [0.15, 0.2) is 39.5 Å². The Labute approximate surface area is 147 Å². The first-order valence-electron chi connectivity index (χ1n) is 7.46. The van der Waals surface area contributed by atoms with Gasteiger partial charge in [0, 0.05) is 6.07 Å². The summed E-state index contributed by atoms with van der Waals surface area (Å²) >= 11 is 0. The molecule has 0 saturated heterocycles. The topological polar surface area (TPSA) is 108 Å². The van der Waals surface area contributed by atoms with E-state index in [0.717, 1.165) is 0 Å². The largest absolute Gasteiger partial charge is 0.508 e. The second-order valence-electron chi connectivity index (χ2n) is 5.23. The number of rotatable bonds is 5. The van der Waals surface area contributed by atoms with Gasteiger partial charge in [0.15, 0.2) is 5.75 Å². The summed E-state index contributed by atoms with van der Waals surface area (Å²) in [5, 5.41) is 19.6. The molecule has 0 fully saturated rings. The Hall–Kier alpha value is -3.39. The minimum atomic E-state index is -0.487. The lowest BCUT2D eigenvalue weighted by atomic mass is 10.0. The van der Waals surface area contributed by atoms with E-state index in [1.54, 1.807) is 12.1 Å². The van der Waals surface area contributed by atoms with Crippen LogP contribution < -0.4 is 19.8 Å². The highest BCUT2D eigenvalue weighted by atomic mass is 17.2. The Morgan fingerprint density at radius 3 is 2.23 bits per heavy atom. The summed E-state index contributed by atoms with van der Waals surface area (Å²) in [6, 6.07) is 7.18. The van der Waals surface area contributed by atoms with Gasteiger partial charge in [0.2, 0.25) is 16.9 Å². The first-order chi connectivity index (χ1) is 12.5. The van der Waals surface area contributed by atoms with E-state index in [0.29, 0.717) is 5.56 Å². The fourth-order valence-corrected chi connectivity index (χ4v) is 2.65. The second kappa shape index (κ2) is 6.85. The van der Waals surface area contributed by atoms with Gasteiger partial charge >= 0.3 is 0 Å². The number of methoxy groups -OCH3 is 2. The molecule has 0 unspecified atom stereocenters. The lowest BCUT2D eigenvalue weighted by Gasteiger charge is -2.14. The highest BCUT2D eigenvalue weighted by Crippen LogP contribution is 2.44. The van der Waals surface area contributed by atoms with Gasteiger partial charge in [-0.25, -0.2) is 0 Å². The maximum atomic E-state index is 13.2. The van der Waals surface area contributed by atoms with Crippen molar-refractivity contribution in [1.82, 2.24) is 0 Å². The number of hydrogen-bond donors (Lipinski definition) is 2. The van der Waals surface area contributed by atoms with Gasteiger partial charge in [0.1, 0.15) is 22.3 Å². The maximum absolute atomic E-state index is 13.2. The predicted molar refractivity (Wildman–Crippen MR) is 92.0 cm³/mol. The summed E-state index contributed by atoms with van der Waals surface area (Å²) in [5.74, 6) is -0.501. The second-order valence-corrected chi connectivity index (χ2v) is 5.23. The third-order valence-corrected chi connectivity index (χ3v) is 3.75. The predicted octanol–water partition coefficient (Wildman–Crippen LogP) is 2.83. The molecule has 1 heterocycles. The zero-order chi connectivity index (χ0) is 18.8. The van der Waals surface area contributed by atoms with Crippen molar-refractivity contribution in [3.8, 4) is 40.1 Å². The number of aromatic hydroxyl groups is 2. The van der Waals surface area contributed by atoms with E-state index in [4.69, 9.17) is 18.8 Å². The minimum Gasteiger partial charge on any atom is -0.508 e. The van der Waals surface area contributed by atoms with Crippen LogP contribution in [-0.2, 0) is 4.89 Å². The molecule has 3 rings (SSSR count). The molecule has 8 nitrogen and oxygen atoms in total. The van der Waals surface area contributed by atoms with Crippen molar-refractivity contribution < 1.29 is 33.9 Å². The molecule has 0 aliphatic heterocycles. The molecule has 2 aromatic carbocycles. The van der Waals surface area contributed by atoms with Crippen LogP contribution in [0, 0.1) is 0 Å². The Bertz CT molecular complexity index is 1000. The van der Waals surface area contributed by atoms with Crippen molar-refractivity contribution in [2.45, 2.75) is 0 Å². The van der Waals surface area contributed by atoms with Gasteiger partial charge in [0.25, 0.3) is 5.95 Å². The van der Waals surface area contributed by atoms with Crippen LogP contribution >= 0.6 is 0 Å². The molecule has 3 aromatic rings. The molecule has 0 amide bonds. The monoisotopic (exact) mass is 360 g/mol. The van der Waals surface area contributed by atoms with E-state index in [1.807, 2.05) is 0 Å². The van der Waals surface area contributed by atoms with Crippen molar-refractivity contribution in [3.05, 3.63) is 40.6 Å². The van der Waals surface area contributed by atoms with Crippen molar-refractivity contribution >= 4 is 11.0 Å². The molecular weight excluding hydrogens is 344 g/mol. The number of phenols is 2. The zero-order valence-corrected chi connectivity index (χ0v) is 14.2. The van der Waals surface area contributed by atoms with Gasteiger partial charge in [-0.15, -0.1) is 0 Å². The number of hydrogen-bond acceptors (Lipinski definition) is 8. The van der Waals surface area contributed by atoms with Crippen LogP contribution in [0.25, 0.3) is 22.1 Å². The quantitative estimate of drug-likeness (QED) is 0.528. The molecule has 0 bridgehead atoms. The molecule has 136 valence electrons. The molecule has 26 heavy (non-hydrogen) atoms. The van der Waals surface area contributed by atoms with Crippen molar-refractivity contribution in [2.75, 3.05) is 21.3 Å². The van der Waals surface area contributed by atoms with E-state index in [-0.39, 0.29) is 45.5 Å². The number of benzene rings is 2. The van der Waals surface area contributed by atoms with Gasteiger partial charge in [-0.05, 0) is 17.7 Å². The minimum absolute atomic E-state index is 0.00498. The zero-order valence-electron chi connectivity index (χ0n) is 14.2. The highest BCUT2D eigenvalue weighted by Gasteiger charge is 2.25. The summed E-state index contributed by atoms with van der Waals surface area (Å²) in [5.41, 5.74) is 0.123. The Balaban J connectivity index is 2.44. The fourth-order valence-electron chi connectivity index (χ4n) is 2.65. The van der Waals surface area contributed by atoms with Crippen LogP contribution in [0.3, 0.4) is 0 Å². The lowest BCUT2D eigenvalue weighted by Crippen LogP contribution is -2.10. The van der Waals surface area contributed by atoms with Crippen LogP contribution in [0.4, 0.5) is 0 Å². The smallest absolute Gasteiger partial charge is 0.296 e. The molecule has 0 atom stereocenters. The molecule has 0 aliphatic rings. The number of phenolic OH excluding ortho intramolecular Hbond substituents is 2. The van der Waals surface area contributed by atoms with Crippen molar-refractivity contribution in [2.24, 2.45) is 0 Å². The van der Waals surface area contributed by atoms with Gasteiger partial charge < -0.3 is 29.0 Å². The Morgan fingerprint density at radius 2 is 1.65 bits per heavy atom. The van der Waals surface area contributed by atoms with E-state index >= 15 is 0 Å². The SMILES string of the molecule is COOc1c(OC)c(O)cc2oc(OC)c(-c3ccc(O)cc3)c(=O)c12. The first kappa shape index (κ1) is 17.4. The summed E-state index contributed by atoms with van der Waals surface area (Å²) in [6.07, 6.45) is 0. The first-order valence-corrected chi connectivity index (χ1v) is 7.46.